The van der Waals surface area contributed by atoms with Crippen LogP contribution < -0.4 is 0 Å². The maximum absolute atomic E-state index is 11.3. The van der Waals surface area contributed by atoms with Gasteiger partial charge in [0.1, 0.15) is 0 Å². The molecule has 0 heterocycles. The topological polar surface area (TPSA) is 0 Å². The highest BCUT2D eigenvalue weighted by Gasteiger charge is 2.27. The van der Waals surface area contributed by atoms with Gasteiger partial charge < -0.3 is 0 Å². The number of alkyl halides is 3. The summed E-state index contributed by atoms with van der Waals surface area (Å²) >= 11 is 4.57. The number of halogens is 4. The molecule has 0 amide bonds. The van der Waals surface area contributed by atoms with E-state index in [2.05, 4.69) is 11.6 Å². The largest absolute Gasteiger partial charge is 0.295 e. The first-order chi connectivity index (χ1) is 3.12. The Morgan fingerprint density at radius 3 is 2.00 bits per heavy atom. The van der Waals surface area contributed by atoms with Crippen LogP contribution in [0.3, 0.4) is 0 Å². The molecule has 43 valence electrons. The van der Waals surface area contributed by atoms with Crippen molar-refractivity contribution in [1.82, 2.24) is 0 Å². The third-order valence-corrected chi connectivity index (χ3v) is 0.694. The van der Waals surface area contributed by atoms with Crippen molar-refractivity contribution in [2.45, 2.75) is 5.92 Å². The van der Waals surface area contributed by atoms with Gasteiger partial charge in [-0.2, -0.15) is 0 Å². The molecule has 0 unspecified atom stereocenters. The summed E-state index contributed by atoms with van der Waals surface area (Å²) in [5.41, 5.74) is 0. The van der Waals surface area contributed by atoms with Gasteiger partial charge in [-0.3, -0.25) is 0 Å². The lowest BCUT2D eigenvalue weighted by atomic mass is 10.4. The van der Waals surface area contributed by atoms with Gasteiger partial charge >= 0.3 is 0 Å². The zero-order valence-electron chi connectivity index (χ0n) is 3.30. The van der Waals surface area contributed by atoms with Crippen LogP contribution >= 0.6 is 11.6 Å². The van der Waals surface area contributed by atoms with Crippen molar-refractivity contribution >= 4 is 11.6 Å². The van der Waals surface area contributed by atoms with E-state index in [4.69, 9.17) is 0 Å². The second kappa shape index (κ2) is 2.40. The van der Waals surface area contributed by atoms with Crippen LogP contribution in [0.2, 0.25) is 0 Å². The van der Waals surface area contributed by atoms with E-state index in [1.165, 1.54) is 0 Å². The van der Waals surface area contributed by atoms with E-state index < -0.39 is 18.5 Å². The first kappa shape index (κ1) is 7.08. The zero-order chi connectivity index (χ0) is 5.91. The molecule has 0 bridgehead atoms. The summed E-state index contributed by atoms with van der Waals surface area (Å²) in [7, 11) is 0. The fraction of sp³-hybridized carbons (Fsp3) is 0.667. The summed E-state index contributed by atoms with van der Waals surface area (Å²) in [6.07, 6.45) is 0. The van der Waals surface area contributed by atoms with Gasteiger partial charge in [-0.25, -0.2) is 13.2 Å². The number of hydrogen-bond acceptors (Lipinski definition) is 0. The van der Waals surface area contributed by atoms with Crippen molar-refractivity contribution in [3.05, 3.63) is 6.67 Å². The normalized spacial score (nSPS) is 12.0. The Morgan fingerprint density at radius 2 is 2.00 bits per heavy atom. The summed E-state index contributed by atoms with van der Waals surface area (Å²) in [5, 5.41) is 0. The van der Waals surface area contributed by atoms with Crippen molar-refractivity contribution in [2.24, 2.45) is 0 Å². The summed E-state index contributed by atoms with van der Waals surface area (Å²) in [4.78, 5) is 0. The van der Waals surface area contributed by atoms with Crippen LogP contribution in [0.4, 0.5) is 13.2 Å². The predicted octanol–water partition coefficient (Wildman–Crippen LogP) is 1.99. The molecule has 7 heavy (non-hydrogen) atoms. The lowest BCUT2D eigenvalue weighted by Crippen LogP contribution is -2.15. The van der Waals surface area contributed by atoms with E-state index in [1.54, 1.807) is 0 Å². The monoisotopic (exact) mass is 131 g/mol. The van der Waals surface area contributed by atoms with Gasteiger partial charge in [-0.15, -0.1) is 11.6 Å². The second-order valence-electron chi connectivity index (χ2n) is 1.00. The minimum absolute atomic E-state index is 0.722. The number of rotatable bonds is 2. The fourth-order valence-electron chi connectivity index (χ4n) is 0.0292. The molecule has 0 saturated carbocycles. The molecule has 0 fully saturated rings. The SMILES string of the molecule is F[CH]C(F)(F)CCl. The molecule has 0 saturated heterocycles. The zero-order valence-corrected chi connectivity index (χ0v) is 4.05. The van der Waals surface area contributed by atoms with Crippen LogP contribution in [0.1, 0.15) is 0 Å². The van der Waals surface area contributed by atoms with Crippen molar-refractivity contribution in [1.29, 1.82) is 0 Å². The van der Waals surface area contributed by atoms with Crippen molar-refractivity contribution in [3.8, 4) is 0 Å². The standard InChI is InChI=1S/C3H3ClF3/c4-1-3(6,7)2-5/h2H,1H2. The average molecular weight is 132 g/mol. The van der Waals surface area contributed by atoms with Gasteiger partial charge in [-0.05, 0) is 0 Å². The summed E-state index contributed by atoms with van der Waals surface area (Å²) in [5.74, 6) is -4.44. The molecule has 0 rings (SSSR count). The lowest BCUT2D eigenvalue weighted by Gasteiger charge is -2.03. The molecule has 0 aromatic rings. The predicted molar refractivity (Wildman–Crippen MR) is 21.1 cm³/mol. The lowest BCUT2D eigenvalue weighted by molar-refractivity contribution is 0.0362. The van der Waals surface area contributed by atoms with E-state index >= 15 is 0 Å². The van der Waals surface area contributed by atoms with Crippen molar-refractivity contribution < 1.29 is 13.2 Å². The van der Waals surface area contributed by atoms with Crippen LogP contribution in [0.5, 0.6) is 0 Å². The highest BCUT2D eigenvalue weighted by molar-refractivity contribution is 6.18. The molecule has 0 N–H and O–H groups in total. The van der Waals surface area contributed by atoms with E-state index in [-0.39, 0.29) is 0 Å². The summed E-state index contributed by atoms with van der Waals surface area (Å²) < 4.78 is 33.5. The van der Waals surface area contributed by atoms with E-state index in [9.17, 15) is 13.2 Å². The Morgan fingerprint density at radius 1 is 1.57 bits per heavy atom. The third kappa shape index (κ3) is 2.74. The molecular weight excluding hydrogens is 128 g/mol. The molecule has 4 heteroatoms. The van der Waals surface area contributed by atoms with Gasteiger partial charge in [0.15, 0.2) is 0 Å². The molecule has 0 aliphatic carbocycles. The Kier molecular flexibility index (Phi) is 2.43. The fourth-order valence-corrected chi connectivity index (χ4v) is 0.0875. The van der Waals surface area contributed by atoms with Crippen LogP contribution in [0.15, 0.2) is 0 Å². The molecular formula is C3H3ClF3. The number of hydrogen-bond donors (Lipinski definition) is 0. The average Bonchev–Trinajstić information content (AvgIpc) is 1.68. The molecule has 0 aliphatic heterocycles. The Hall–Kier alpha value is 0.0800. The minimum atomic E-state index is -3.44. The molecule has 0 aromatic heterocycles. The minimum Gasteiger partial charge on any atom is -0.237 e. The van der Waals surface area contributed by atoms with Crippen LogP contribution in [0.25, 0.3) is 0 Å². The Balaban J connectivity index is 3.36. The first-order valence-corrected chi connectivity index (χ1v) is 2.04. The summed E-state index contributed by atoms with van der Waals surface area (Å²) in [6, 6.07) is 0. The molecule has 0 spiro atoms. The highest BCUT2D eigenvalue weighted by Crippen LogP contribution is 2.18. The first-order valence-electron chi connectivity index (χ1n) is 1.51. The summed E-state index contributed by atoms with van der Waals surface area (Å²) in [6.45, 7) is -0.722. The van der Waals surface area contributed by atoms with Gasteiger partial charge in [0, 0.05) is 0 Å². The smallest absolute Gasteiger partial charge is 0.237 e. The molecule has 0 atom stereocenters. The Labute approximate surface area is 44.3 Å². The van der Waals surface area contributed by atoms with Crippen LogP contribution in [-0.2, 0) is 0 Å². The maximum Gasteiger partial charge on any atom is 0.295 e. The molecule has 1 radical (unpaired) electrons. The quantitative estimate of drug-likeness (QED) is 0.503. The third-order valence-electron chi connectivity index (χ3n) is 0.338. The second-order valence-corrected chi connectivity index (χ2v) is 1.27. The highest BCUT2D eigenvalue weighted by atomic mass is 35.5. The van der Waals surface area contributed by atoms with Gasteiger partial charge in [0.25, 0.3) is 5.92 Å². The van der Waals surface area contributed by atoms with Crippen molar-refractivity contribution in [3.63, 3.8) is 0 Å². The van der Waals surface area contributed by atoms with Crippen LogP contribution in [0, 0.1) is 6.67 Å². The van der Waals surface area contributed by atoms with E-state index in [0.717, 1.165) is 0 Å². The molecule has 0 aromatic carbocycles. The van der Waals surface area contributed by atoms with Gasteiger partial charge in [0.2, 0.25) is 6.67 Å². The van der Waals surface area contributed by atoms with Gasteiger partial charge in [0.05, 0.1) is 5.88 Å². The maximum atomic E-state index is 11.3. The van der Waals surface area contributed by atoms with Gasteiger partial charge in [-0.1, -0.05) is 0 Å². The molecule has 0 aliphatic rings. The van der Waals surface area contributed by atoms with Crippen LogP contribution in [-0.4, -0.2) is 11.8 Å². The van der Waals surface area contributed by atoms with E-state index in [0.29, 0.717) is 0 Å². The molecule has 0 nitrogen and oxygen atoms in total. The van der Waals surface area contributed by atoms with Crippen molar-refractivity contribution in [2.75, 3.05) is 5.88 Å². The van der Waals surface area contributed by atoms with E-state index in [1.807, 2.05) is 0 Å². The Bertz CT molecular complexity index is 48.1.